The number of carbonyl (C=O) groups excluding carboxylic acids is 1. The van der Waals surface area contributed by atoms with E-state index in [2.05, 4.69) is 24.3 Å². The minimum atomic E-state index is -0.237. The molecule has 0 bridgehead atoms. The van der Waals surface area contributed by atoms with Crippen LogP contribution in [0.1, 0.15) is 48.4 Å². The van der Waals surface area contributed by atoms with E-state index < -0.39 is 0 Å². The summed E-state index contributed by atoms with van der Waals surface area (Å²) >= 11 is 0. The highest BCUT2D eigenvalue weighted by molar-refractivity contribution is 5.73. The van der Waals surface area contributed by atoms with Crippen molar-refractivity contribution >= 4 is 6.09 Å². The number of ether oxygens (including phenoxy) is 3. The summed E-state index contributed by atoms with van der Waals surface area (Å²) in [6, 6.07) is 14.2. The third-order valence-electron chi connectivity index (χ3n) is 6.17. The van der Waals surface area contributed by atoms with Crippen LogP contribution in [0.3, 0.4) is 0 Å². The first-order valence-corrected chi connectivity index (χ1v) is 10.1. The fourth-order valence-corrected chi connectivity index (χ4v) is 4.81. The van der Waals surface area contributed by atoms with Gasteiger partial charge in [-0.25, -0.2) is 4.79 Å². The zero-order valence-corrected chi connectivity index (χ0v) is 16.1. The Kier molecular flexibility index (Phi) is 4.38. The van der Waals surface area contributed by atoms with E-state index >= 15 is 0 Å². The third kappa shape index (κ3) is 2.89. The molecule has 1 aliphatic carbocycles. The second kappa shape index (κ2) is 7.04. The van der Waals surface area contributed by atoms with E-state index in [0.717, 1.165) is 41.9 Å². The van der Waals surface area contributed by atoms with Crippen molar-refractivity contribution in [1.29, 1.82) is 0 Å². The summed E-state index contributed by atoms with van der Waals surface area (Å²) in [5.41, 5.74) is 3.39. The van der Waals surface area contributed by atoms with Gasteiger partial charge in [-0.3, -0.25) is 4.90 Å². The molecule has 1 saturated heterocycles. The molecule has 5 heteroatoms. The van der Waals surface area contributed by atoms with Crippen LogP contribution in [0.15, 0.2) is 42.5 Å². The Morgan fingerprint density at radius 2 is 1.86 bits per heavy atom. The van der Waals surface area contributed by atoms with Crippen LogP contribution in [0.5, 0.6) is 11.5 Å². The van der Waals surface area contributed by atoms with Gasteiger partial charge in [0.1, 0.15) is 6.61 Å². The molecule has 0 radical (unpaired) electrons. The van der Waals surface area contributed by atoms with Gasteiger partial charge < -0.3 is 14.2 Å². The number of amides is 1. The normalized spacial score (nSPS) is 23.9. The zero-order chi connectivity index (χ0) is 19.1. The number of carbonyl (C=O) groups is 1. The Bertz CT molecular complexity index is 876. The van der Waals surface area contributed by atoms with Gasteiger partial charge >= 0.3 is 6.09 Å². The first-order chi connectivity index (χ1) is 13.7. The largest absolute Gasteiger partial charge is 0.493 e. The predicted octanol–water partition coefficient (Wildman–Crippen LogP) is 4.48. The summed E-state index contributed by atoms with van der Waals surface area (Å²) < 4.78 is 17.4. The van der Waals surface area contributed by atoms with Crippen LogP contribution in [-0.2, 0) is 11.2 Å². The second-order valence-electron chi connectivity index (χ2n) is 7.88. The number of rotatable bonds is 4. The topological polar surface area (TPSA) is 48.0 Å². The second-order valence-corrected chi connectivity index (χ2v) is 7.88. The summed E-state index contributed by atoms with van der Waals surface area (Å²) in [5, 5.41) is 0. The molecule has 3 aliphatic rings. The quantitative estimate of drug-likeness (QED) is 0.786. The van der Waals surface area contributed by atoms with Crippen molar-refractivity contribution in [2.24, 2.45) is 0 Å². The molecule has 1 amide bonds. The maximum absolute atomic E-state index is 12.5. The Labute approximate surface area is 165 Å². The number of hydrogen-bond donors (Lipinski definition) is 0. The highest BCUT2D eigenvalue weighted by atomic mass is 16.6. The van der Waals surface area contributed by atoms with E-state index in [4.69, 9.17) is 14.2 Å². The molecule has 0 aromatic heterocycles. The van der Waals surface area contributed by atoms with Gasteiger partial charge in [0.05, 0.1) is 25.3 Å². The first-order valence-electron chi connectivity index (χ1n) is 10.1. The summed E-state index contributed by atoms with van der Waals surface area (Å²) in [6.45, 7) is 0.435. The van der Waals surface area contributed by atoms with Crippen molar-refractivity contribution in [1.82, 2.24) is 4.90 Å². The Hall–Kier alpha value is -2.69. The van der Waals surface area contributed by atoms with Gasteiger partial charge in [-0.1, -0.05) is 30.3 Å². The lowest BCUT2D eigenvalue weighted by Crippen LogP contribution is -2.42. The molecule has 28 heavy (non-hydrogen) atoms. The minimum Gasteiger partial charge on any atom is -0.493 e. The molecule has 2 aromatic rings. The number of nitrogens with zero attached hydrogens (tertiary/aromatic N) is 1. The fourth-order valence-electron chi connectivity index (χ4n) is 4.81. The van der Waals surface area contributed by atoms with Crippen LogP contribution in [0, 0.1) is 0 Å². The van der Waals surface area contributed by atoms with Gasteiger partial charge in [0.15, 0.2) is 11.5 Å². The lowest BCUT2D eigenvalue weighted by atomic mass is 9.85. The molecular weight excluding hydrogens is 354 g/mol. The Morgan fingerprint density at radius 3 is 2.61 bits per heavy atom. The van der Waals surface area contributed by atoms with Gasteiger partial charge in [-0.15, -0.1) is 0 Å². The molecule has 2 atom stereocenters. The smallest absolute Gasteiger partial charge is 0.411 e. The average molecular weight is 379 g/mol. The fraction of sp³-hybridized carbons (Fsp3) is 0.435. The molecule has 2 unspecified atom stereocenters. The molecule has 1 saturated carbocycles. The number of fused-ring (bicyclic) bond motifs is 2. The van der Waals surface area contributed by atoms with Crippen molar-refractivity contribution in [2.45, 2.75) is 50.3 Å². The minimum absolute atomic E-state index is 0.0523. The molecule has 2 aromatic carbocycles. The van der Waals surface area contributed by atoms with Crippen LogP contribution >= 0.6 is 0 Å². The van der Waals surface area contributed by atoms with Crippen LogP contribution < -0.4 is 9.47 Å². The van der Waals surface area contributed by atoms with E-state index in [1.807, 2.05) is 23.1 Å². The van der Waals surface area contributed by atoms with Crippen molar-refractivity contribution in [3.8, 4) is 11.5 Å². The third-order valence-corrected chi connectivity index (χ3v) is 6.17. The molecule has 2 heterocycles. The van der Waals surface area contributed by atoms with Crippen LogP contribution in [0.2, 0.25) is 0 Å². The van der Waals surface area contributed by atoms with E-state index in [1.165, 1.54) is 18.4 Å². The van der Waals surface area contributed by atoms with Crippen molar-refractivity contribution in [2.75, 3.05) is 13.7 Å². The lowest BCUT2D eigenvalue weighted by Gasteiger charge is -2.38. The van der Waals surface area contributed by atoms with E-state index in [1.54, 1.807) is 7.11 Å². The van der Waals surface area contributed by atoms with Gasteiger partial charge in [-0.05, 0) is 60.9 Å². The number of benzene rings is 2. The van der Waals surface area contributed by atoms with Gasteiger partial charge in [0, 0.05) is 0 Å². The van der Waals surface area contributed by atoms with E-state index in [9.17, 15) is 4.79 Å². The summed E-state index contributed by atoms with van der Waals surface area (Å²) in [4.78, 5) is 14.4. The molecular formula is C23H25NO4. The maximum Gasteiger partial charge on any atom is 0.411 e. The highest BCUT2D eigenvalue weighted by Crippen LogP contribution is 2.45. The van der Waals surface area contributed by atoms with Gasteiger partial charge in [0.2, 0.25) is 0 Å². The standard InChI is InChI=1S/C23H25NO4/c1-26-20-12-16-11-17-14-27-23(25)24(17)22(15-7-3-2-4-8-15)19(16)13-21(20)28-18-9-5-6-10-18/h2-4,7-8,12-13,17-18,22H,5-6,9-11,14H2,1H3. The van der Waals surface area contributed by atoms with Crippen molar-refractivity contribution < 1.29 is 19.0 Å². The van der Waals surface area contributed by atoms with Crippen LogP contribution in [-0.4, -0.2) is 36.9 Å². The van der Waals surface area contributed by atoms with Gasteiger partial charge in [0.25, 0.3) is 0 Å². The first kappa shape index (κ1) is 17.4. The summed E-state index contributed by atoms with van der Waals surface area (Å²) in [5.74, 6) is 1.55. The lowest BCUT2D eigenvalue weighted by molar-refractivity contribution is 0.147. The van der Waals surface area contributed by atoms with Crippen molar-refractivity contribution in [3.63, 3.8) is 0 Å². The Morgan fingerprint density at radius 1 is 1.07 bits per heavy atom. The number of cyclic esters (lactones) is 1. The van der Waals surface area contributed by atoms with Crippen LogP contribution in [0.25, 0.3) is 0 Å². The highest BCUT2D eigenvalue weighted by Gasteiger charge is 2.44. The SMILES string of the molecule is COc1cc2c(cc1OC1CCCC1)C(c1ccccc1)N1C(=O)OCC1C2. The Balaban J connectivity index is 1.61. The number of hydrogen-bond acceptors (Lipinski definition) is 4. The van der Waals surface area contributed by atoms with Crippen molar-refractivity contribution in [3.05, 3.63) is 59.2 Å². The molecule has 5 rings (SSSR count). The molecule has 5 nitrogen and oxygen atoms in total. The average Bonchev–Trinajstić information content (AvgIpc) is 3.36. The monoisotopic (exact) mass is 379 g/mol. The maximum atomic E-state index is 12.5. The number of methoxy groups -OCH3 is 1. The summed E-state index contributed by atoms with van der Waals surface area (Å²) in [7, 11) is 1.69. The predicted molar refractivity (Wildman–Crippen MR) is 105 cm³/mol. The molecule has 0 spiro atoms. The zero-order valence-electron chi connectivity index (χ0n) is 16.1. The van der Waals surface area contributed by atoms with Crippen LogP contribution in [0.4, 0.5) is 4.79 Å². The molecule has 146 valence electrons. The van der Waals surface area contributed by atoms with E-state index in [-0.39, 0.29) is 24.3 Å². The molecule has 0 N–H and O–H groups in total. The van der Waals surface area contributed by atoms with Gasteiger partial charge in [-0.2, -0.15) is 0 Å². The molecule has 2 aliphatic heterocycles. The van der Waals surface area contributed by atoms with E-state index in [0.29, 0.717) is 6.61 Å². The summed E-state index contributed by atoms with van der Waals surface area (Å²) in [6.07, 6.45) is 5.38. The molecule has 2 fully saturated rings.